The number of aromatic nitrogens is 2. The van der Waals surface area contributed by atoms with Crippen LogP contribution in [0, 0.1) is 0 Å². The summed E-state index contributed by atoms with van der Waals surface area (Å²) in [6, 6.07) is 0. The van der Waals surface area contributed by atoms with Gasteiger partial charge in [-0.2, -0.15) is 5.10 Å². The van der Waals surface area contributed by atoms with Gasteiger partial charge in [-0.3, -0.25) is 14.3 Å². The standard InChI is InChI=1S/C11H16N2O4/c1-3-13-7-9(6-12-13)8-17-11(15)5-10(14)16-4-2/h6-7H,3-5,8H2,1-2H3. The smallest absolute Gasteiger partial charge is 0.317 e. The molecule has 0 saturated heterocycles. The van der Waals surface area contributed by atoms with E-state index in [2.05, 4.69) is 9.84 Å². The summed E-state index contributed by atoms with van der Waals surface area (Å²) in [6.45, 7) is 4.79. The summed E-state index contributed by atoms with van der Waals surface area (Å²) in [5.41, 5.74) is 0.795. The van der Waals surface area contributed by atoms with Crippen LogP contribution in [0.4, 0.5) is 0 Å². The summed E-state index contributed by atoms with van der Waals surface area (Å²) in [4.78, 5) is 22.2. The fourth-order valence-corrected chi connectivity index (χ4v) is 1.20. The lowest BCUT2D eigenvalue weighted by Crippen LogP contribution is -2.13. The molecule has 1 aromatic heterocycles. The van der Waals surface area contributed by atoms with E-state index in [0.717, 1.165) is 12.1 Å². The summed E-state index contributed by atoms with van der Waals surface area (Å²) in [7, 11) is 0. The van der Waals surface area contributed by atoms with Crippen LogP contribution in [0.2, 0.25) is 0 Å². The Morgan fingerprint density at radius 1 is 1.29 bits per heavy atom. The number of carbonyl (C=O) groups excluding carboxylic acids is 2. The second-order valence-corrected chi connectivity index (χ2v) is 3.35. The molecule has 17 heavy (non-hydrogen) atoms. The molecule has 0 aliphatic rings. The molecule has 0 aromatic carbocycles. The van der Waals surface area contributed by atoms with Crippen LogP contribution < -0.4 is 0 Å². The van der Waals surface area contributed by atoms with Crippen LogP contribution in [-0.2, 0) is 32.2 Å². The molecule has 0 saturated carbocycles. The van der Waals surface area contributed by atoms with E-state index >= 15 is 0 Å². The summed E-state index contributed by atoms with van der Waals surface area (Å²) >= 11 is 0. The van der Waals surface area contributed by atoms with Crippen molar-refractivity contribution in [3.8, 4) is 0 Å². The van der Waals surface area contributed by atoms with Crippen LogP contribution in [0.1, 0.15) is 25.8 Å². The van der Waals surface area contributed by atoms with Crippen molar-refractivity contribution < 1.29 is 19.1 Å². The zero-order valence-electron chi connectivity index (χ0n) is 10.0. The minimum absolute atomic E-state index is 0.123. The molecule has 0 amide bonds. The van der Waals surface area contributed by atoms with Crippen molar-refractivity contribution in [2.45, 2.75) is 33.4 Å². The van der Waals surface area contributed by atoms with Gasteiger partial charge in [-0.25, -0.2) is 0 Å². The Bertz CT molecular complexity index is 387. The van der Waals surface area contributed by atoms with Gasteiger partial charge in [-0.1, -0.05) is 0 Å². The number of hydrogen-bond acceptors (Lipinski definition) is 5. The van der Waals surface area contributed by atoms with Crippen LogP contribution in [0.15, 0.2) is 12.4 Å². The minimum atomic E-state index is -0.590. The van der Waals surface area contributed by atoms with Gasteiger partial charge in [0.15, 0.2) is 0 Å². The summed E-state index contributed by atoms with van der Waals surface area (Å²) in [5.74, 6) is -1.16. The second kappa shape index (κ2) is 6.67. The van der Waals surface area contributed by atoms with Crippen molar-refractivity contribution in [2.75, 3.05) is 6.61 Å². The number of nitrogens with zero attached hydrogens (tertiary/aromatic N) is 2. The number of aryl methyl sites for hydroxylation is 1. The molecule has 1 rings (SSSR count). The molecule has 94 valence electrons. The lowest BCUT2D eigenvalue weighted by molar-refractivity contribution is -0.155. The molecule has 0 aliphatic carbocycles. The Kier molecular flexibility index (Phi) is 5.19. The summed E-state index contributed by atoms with van der Waals surface area (Å²) in [6.07, 6.45) is 3.06. The predicted octanol–water partition coefficient (Wildman–Crippen LogP) is 0.899. The molecule has 0 radical (unpaired) electrons. The molecule has 0 N–H and O–H groups in total. The van der Waals surface area contributed by atoms with Gasteiger partial charge in [0.2, 0.25) is 0 Å². The molecular weight excluding hydrogens is 224 g/mol. The topological polar surface area (TPSA) is 70.4 Å². The predicted molar refractivity (Wildman–Crippen MR) is 58.9 cm³/mol. The number of hydrogen-bond donors (Lipinski definition) is 0. The highest BCUT2D eigenvalue weighted by molar-refractivity contribution is 5.91. The highest BCUT2D eigenvalue weighted by Crippen LogP contribution is 2.01. The van der Waals surface area contributed by atoms with E-state index in [0.29, 0.717) is 0 Å². The maximum absolute atomic E-state index is 11.2. The quantitative estimate of drug-likeness (QED) is 0.545. The van der Waals surface area contributed by atoms with Crippen LogP contribution in [0.5, 0.6) is 0 Å². The normalized spacial score (nSPS) is 10.0. The third-order valence-corrected chi connectivity index (χ3v) is 2.00. The highest BCUT2D eigenvalue weighted by atomic mass is 16.6. The zero-order chi connectivity index (χ0) is 12.7. The van der Waals surface area contributed by atoms with Gasteiger partial charge in [0, 0.05) is 18.3 Å². The number of esters is 2. The minimum Gasteiger partial charge on any atom is -0.466 e. The molecular formula is C11H16N2O4. The van der Waals surface area contributed by atoms with E-state index < -0.39 is 11.9 Å². The average molecular weight is 240 g/mol. The number of carbonyl (C=O) groups is 2. The Hall–Kier alpha value is -1.85. The van der Waals surface area contributed by atoms with Crippen LogP contribution in [0.3, 0.4) is 0 Å². The summed E-state index contributed by atoms with van der Waals surface area (Å²) in [5, 5.41) is 4.04. The van der Waals surface area contributed by atoms with Gasteiger partial charge < -0.3 is 9.47 Å². The maximum atomic E-state index is 11.2. The first-order valence-corrected chi connectivity index (χ1v) is 5.48. The van der Waals surface area contributed by atoms with Gasteiger partial charge in [0.05, 0.1) is 12.8 Å². The molecule has 1 heterocycles. The van der Waals surface area contributed by atoms with E-state index in [1.807, 2.05) is 6.92 Å². The molecule has 0 bridgehead atoms. The number of ether oxygens (including phenoxy) is 2. The molecule has 0 atom stereocenters. The van der Waals surface area contributed by atoms with Crippen molar-refractivity contribution >= 4 is 11.9 Å². The van der Waals surface area contributed by atoms with Crippen molar-refractivity contribution in [1.29, 1.82) is 0 Å². The van der Waals surface area contributed by atoms with E-state index in [9.17, 15) is 9.59 Å². The zero-order valence-corrected chi connectivity index (χ0v) is 10.0. The first kappa shape index (κ1) is 13.2. The Morgan fingerprint density at radius 3 is 2.59 bits per heavy atom. The van der Waals surface area contributed by atoms with Crippen LogP contribution >= 0.6 is 0 Å². The first-order chi connectivity index (χ1) is 8.15. The van der Waals surface area contributed by atoms with Gasteiger partial charge in [-0.05, 0) is 13.8 Å². The Morgan fingerprint density at radius 2 is 2.00 bits per heavy atom. The Balaban J connectivity index is 2.30. The molecule has 0 fully saturated rings. The highest BCUT2D eigenvalue weighted by Gasteiger charge is 2.11. The molecule has 6 heteroatoms. The molecule has 1 aromatic rings. The van der Waals surface area contributed by atoms with Crippen LogP contribution in [-0.4, -0.2) is 28.3 Å². The maximum Gasteiger partial charge on any atom is 0.317 e. The Labute approximate surface area is 99.5 Å². The van der Waals surface area contributed by atoms with Crippen LogP contribution in [0.25, 0.3) is 0 Å². The van der Waals surface area contributed by atoms with Gasteiger partial charge in [-0.15, -0.1) is 0 Å². The van der Waals surface area contributed by atoms with Crippen molar-refractivity contribution in [1.82, 2.24) is 9.78 Å². The molecule has 0 unspecified atom stereocenters. The fraction of sp³-hybridized carbons (Fsp3) is 0.545. The van der Waals surface area contributed by atoms with E-state index in [1.165, 1.54) is 0 Å². The van der Waals surface area contributed by atoms with E-state index in [1.54, 1.807) is 24.0 Å². The van der Waals surface area contributed by atoms with E-state index in [4.69, 9.17) is 4.74 Å². The molecule has 0 aliphatic heterocycles. The second-order valence-electron chi connectivity index (χ2n) is 3.35. The first-order valence-electron chi connectivity index (χ1n) is 5.48. The SMILES string of the molecule is CCOC(=O)CC(=O)OCc1cnn(CC)c1. The monoisotopic (exact) mass is 240 g/mol. The van der Waals surface area contributed by atoms with E-state index in [-0.39, 0.29) is 19.6 Å². The fourth-order valence-electron chi connectivity index (χ4n) is 1.20. The largest absolute Gasteiger partial charge is 0.466 e. The van der Waals surface area contributed by atoms with Crippen molar-refractivity contribution in [3.05, 3.63) is 18.0 Å². The molecule has 6 nitrogen and oxygen atoms in total. The third-order valence-electron chi connectivity index (χ3n) is 2.00. The molecule has 0 spiro atoms. The van der Waals surface area contributed by atoms with Gasteiger partial charge in [0.25, 0.3) is 0 Å². The third kappa shape index (κ3) is 4.67. The lowest BCUT2D eigenvalue weighted by Gasteiger charge is -2.02. The van der Waals surface area contributed by atoms with Gasteiger partial charge >= 0.3 is 11.9 Å². The number of rotatable bonds is 6. The lowest BCUT2D eigenvalue weighted by atomic mass is 10.4. The van der Waals surface area contributed by atoms with Crippen molar-refractivity contribution in [3.63, 3.8) is 0 Å². The van der Waals surface area contributed by atoms with Crippen molar-refractivity contribution in [2.24, 2.45) is 0 Å². The van der Waals surface area contributed by atoms with Gasteiger partial charge in [0.1, 0.15) is 13.0 Å². The summed E-state index contributed by atoms with van der Waals surface area (Å²) < 4.78 is 11.3. The average Bonchev–Trinajstić information content (AvgIpc) is 2.74.